The molecule has 4 heterocycles. The fourth-order valence-electron chi connectivity index (χ4n) is 4.57. The third-order valence-electron chi connectivity index (χ3n) is 6.96. The van der Waals surface area contributed by atoms with Crippen LogP contribution in [0.25, 0.3) is 11.2 Å². The number of ketones is 1. The van der Waals surface area contributed by atoms with Crippen molar-refractivity contribution in [3.63, 3.8) is 0 Å². The molecule has 0 aliphatic heterocycles. The molecule has 2 unspecified atom stereocenters. The number of rotatable bonds is 11. The van der Waals surface area contributed by atoms with Crippen molar-refractivity contribution >= 4 is 34.4 Å². The number of carbonyl (C=O) groups is 2. The zero-order valence-electron chi connectivity index (χ0n) is 26.5. The summed E-state index contributed by atoms with van der Waals surface area (Å²) in [5, 5.41) is 19.5. The second-order valence-corrected chi connectivity index (χ2v) is 10.6. The van der Waals surface area contributed by atoms with Crippen molar-refractivity contribution in [1.82, 2.24) is 29.2 Å². The molecule has 0 saturated heterocycles. The van der Waals surface area contributed by atoms with Gasteiger partial charge in [-0.2, -0.15) is 10.2 Å². The summed E-state index contributed by atoms with van der Waals surface area (Å²) in [6.07, 6.45) is 13.4. The summed E-state index contributed by atoms with van der Waals surface area (Å²) in [4.78, 5) is 27.5. The SMILES string of the molecule is C=CC(C)=O.C=CCC(CC(C)CC)c1ccn2ncnc(Nc3ccc(Oc4ccn5ncnc5c4)c(C)c3)c12.CC(=O)O. The number of fused-ring (bicyclic) bond motifs is 2. The fraction of sp³-hybridized carbons (Fsp3) is 0.294. The molecular formula is C34H41N7O4. The summed E-state index contributed by atoms with van der Waals surface area (Å²) in [5.41, 5.74) is 4.93. The Balaban J connectivity index is 0.000000543. The van der Waals surface area contributed by atoms with E-state index in [4.69, 9.17) is 14.6 Å². The first kappa shape index (κ1) is 34.2. The molecule has 0 fully saturated rings. The summed E-state index contributed by atoms with van der Waals surface area (Å²) >= 11 is 0. The number of anilines is 2. The molecule has 1 aromatic carbocycles. The maximum atomic E-state index is 9.69. The Hall–Kier alpha value is -5.32. The largest absolute Gasteiger partial charge is 0.481 e. The molecule has 0 aliphatic rings. The highest BCUT2D eigenvalue weighted by atomic mass is 16.5. The van der Waals surface area contributed by atoms with Crippen molar-refractivity contribution < 1.29 is 19.4 Å². The summed E-state index contributed by atoms with van der Waals surface area (Å²) in [6, 6.07) is 11.9. The minimum atomic E-state index is -0.833. The minimum absolute atomic E-state index is 0.0185. The lowest BCUT2D eigenvalue weighted by Gasteiger charge is -2.19. The minimum Gasteiger partial charge on any atom is -0.481 e. The summed E-state index contributed by atoms with van der Waals surface area (Å²) in [6.45, 7) is 16.3. The van der Waals surface area contributed by atoms with Gasteiger partial charge in [0, 0.05) is 31.1 Å². The maximum Gasteiger partial charge on any atom is 0.300 e. The highest BCUT2D eigenvalue weighted by Gasteiger charge is 2.20. The maximum absolute atomic E-state index is 9.69. The third-order valence-corrected chi connectivity index (χ3v) is 6.96. The van der Waals surface area contributed by atoms with Crippen LogP contribution in [0, 0.1) is 12.8 Å². The standard InChI is InChI=1S/C28H31N7O.C4H6O.C2H4O2/c1-5-7-21(14-19(3)6-2)24-11-13-35-27(24)28(30-18-32-35)33-22-8-9-25(20(4)15-22)36-23-10-12-34-26(16-23)29-17-31-34;1-3-4(2)5;1-2(3)4/h5,8-13,15-19,21H,1,6-7,14H2,2-4H3,(H,30,32,33);3H,1H2,2H3;1H3,(H,3,4). The first-order chi connectivity index (χ1) is 21.6. The molecule has 0 aliphatic carbocycles. The third kappa shape index (κ3) is 9.85. The zero-order valence-corrected chi connectivity index (χ0v) is 26.5. The van der Waals surface area contributed by atoms with Gasteiger partial charge in [-0.15, -0.1) is 6.58 Å². The van der Waals surface area contributed by atoms with Crippen molar-refractivity contribution in [3.8, 4) is 11.5 Å². The van der Waals surface area contributed by atoms with E-state index in [9.17, 15) is 4.79 Å². The fourth-order valence-corrected chi connectivity index (χ4v) is 4.57. The summed E-state index contributed by atoms with van der Waals surface area (Å²) < 4.78 is 9.73. The van der Waals surface area contributed by atoms with E-state index in [1.807, 2.05) is 54.2 Å². The number of benzene rings is 1. The zero-order chi connectivity index (χ0) is 32.9. The lowest BCUT2D eigenvalue weighted by atomic mass is 9.86. The van der Waals surface area contributed by atoms with Crippen molar-refractivity contribution in [2.75, 3.05) is 5.32 Å². The lowest BCUT2D eigenvalue weighted by molar-refractivity contribution is -0.134. The van der Waals surface area contributed by atoms with Crippen LogP contribution >= 0.6 is 0 Å². The molecule has 2 atom stereocenters. The molecule has 0 radical (unpaired) electrons. The topological polar surface area (TPSA) is 136 Å². The van der Waals surface area contributed by atoms with Crippen LogP contribution < -0.4 is 10.1 Å². The van der Waals surface area contributed by atoms with Gasteiger partial charge >= 0.3 is 0 Å². The van der Waals surface area contributed by atoms with Crippen LogP contribution in [0.2, 0.25) is 0 Å². The van der Waals surface area contributed by atoms with E-state index >= 15 is 0 Å². The van der Waals surface area contributed by atoms with Gasteiger partial charge in [0.1, 0.15) is 29.7 Å². The second kappa shape index (κ2) is 16.5. The van der Waals surface area contributed by atoms with E-state index in [-0.39, 0.29) is 5.78 Å². The van der Waals surface area contributed by atoms with Crippen LogP contribution in [0.1, 0.15) is 64.0 Å². The number of nitrogens with one attached hydrogen (secondary N) is 1. The number of aliphatic carboxylic acids is 1. The van der Waals surface area contributed by atoms with Crippen LogP contribution in [0.4, 0.5) is 11.5 Å². The number of allylic oxidation sites excluding steroid dienone is 2. The number of carboxylic acids is 1. The Bertz CT molecular complexity index is 1750. The Morgan fingerprint density at radius 2 is 1.71 bits per heavy atom. The van der Waals surface area contributed by atoms with Gasteiger partial charge in [0.05, 0.1) is 0 Å². The Labute approximate surface area is 263 Å². The number of aromatic nitrogens is 6. The van der Waals surface area contributed by atoms with E-state index in [1.165, 1.54) is 24.9 Å². The highest BCUT2D eigenvalue weighted by Crippen LogP contribution is 2.35. The summed E-state index contributed by atoms with van der Waals surface area (Å²) in [5.74, 6) is 2.46. The molecule has 45 heavy (non-hydrogen) atoms. The molecule has 11 nitrogen and oxygen atoms in total. The first-order valence-electron chi connectivity index (χ1n) is 14.7. The highest BCUT2D eigenvalue weighted by molar-refractivity contribution is 5.86. The molecule has 2 N–H and O–H groups in total. The van der Waals surface area contributed by atoms with Crippen LogP contribution in [0.3, 0.4) is 0 Å². The number of aryl methyl sites for hydroxylation is 1. The van der Waals surface area contributed by atoms with E-state index in [0.29, 0.717) is 17.6 Å². The number of nitrogens with zero attached hydrogens (tertiary/aromatic N) is 6. The monoisotopic (exact) mass is 611 g/mol. The van der Waals surface area contributed by atoms with E-state index in [0.717, 1.165) is 60.2 Å². The Morgan fingerprint density at radius 1 is 1.04 bits per heavy atom. The van der Waals surface area contributed by atoms with Gasteiger partial charge in [0.2, 0.25) is 0 Å². The lowest BCUT2D eigenvalue weighted by Crippen LogP contribution is -2.06. The Morgan fingerprint density at radius 3 is 2.36 bits per heavy atom. The van der Waals surface area contributed by atoms with Crippen LogP contribution in [0.5, 0.6) is 11.5 Å². The average molecular weight is 612 g/mol. The molecule has 236 valence electrons. The summed E-state index contributed by atoms with van der Waals surface area (Å²) in [7, 11) is 0. The quantitative estimate of drug-likeness (QED) is 0.114. The predicted molar refractivity (Wildman–Crippen MR) is 176 cm³/mol. The molecule has 0 bridgehead atoms. The van der Waals surface area contributed by atoms with Crippen molar-refractivity contribution in [2.45, 2.75) is 59.8 Å². The van der Waals surface area contributed by atoms with E-state index in [1.54, 1.807) is 10.8 Å². The number of pyridine rings is 1. The molecule has 5 rings (SSSR count). The van der Waals surface area contributed by atoms with Crippen LogP contribution in [-0.4, -0.2) is 46.1 Å². The van der Waals surface area contributed by atoms with Crippen molar-refractivity contribution in [3.05, 3.63) is 97.9 Å². The number of hydrogen-bond donors (Lipinski definition) is 2. The molecule has 4 aromatic heterocycles. The molecule has 0 spiro atoms. The average Bonchev–Trinajstić information content (AvgIpc) is 3.66. The predicted octanol–water partition coefficient (Wildman–Crippen LogP) is 7.56. The molecule has 0 saturated carbocycles. The molecule has 0 amide bonds. The van der Waals surface area contributed by atoms with Crippen LogP contribution in [-0.2, 0) is 9.59 Å². The van der Waals surface area contributed by atoms with Gasteiger partial charge in [0.15, 0.2) is 17.2 Å². The van der Waals surface area contributed by atoms with E-state index in [2.05, 4.69) is 64.6 Å². The van der Waals surface area contributed by atoms with E-state index < -0.39 is 5.97 Å². The molecule has 11 heteroatoms. The number of hydrogen-bond acceptors (Lipinski definition) is 8. The van der Waals surface area contributed by atoms with Crippen molar-refractivity contribution in [1.29, 1.82) is 0 Å². The number of carbonyl (C=O) groups excluding carboxylic acids is 1. The van der Waals surface area contributed by atoms with Gasteiger partial charge in [-0.1, -0.05) is 32.9 Å². The molecular weight excluding hydrogens is 570 g/mol. The van der Waals surface area contributed by atoms with Gasteiger partial charge in [-0.25, -0.2) is 19.0 Å². The number of carboxylic acid groups (broad SMARTS) is 1. The smallest absolute Gasteiger partial charge is 0.300 e. The first-order valence-corrected chi connectivity index (χ1v) is 14.7. The Kier molecular flexibility index (Phi) is 12.5. The number of ether oxygens (including phenoxy) is 1. The second-order valence-electron chi connectivity index (χ2n) is 10.6. The van der Waals surface area contributed by atoms with Gasteiger partial charge in [-0.3, -0.25) is 9.59 Å². The van der Waals surface area contributed by atoms with Crippen molar-refractivity contribution in [2.24, 2.45) is 5.92 Å². The van der Waals surface area contributed by atoms with Gasteiger partial charge in [0.25, 0.3) is 5.97 Å². The van der Waals surface area contributed by atoms with Gasteiger partial charge < -0.3 is 15.2 Å². The molecule has 5 aromatic rings. The normalized spacial score (nSPS) is 11.8. The van der Waals surface area contributed by atoms with Crippen LogP contribution in [0.15, 0.2) is 86.8 Å². The van der Waals surface area contributed by atoms with Gasteiger partial charge in [-0.05, 0) is 86.1 Å².